The summed E-state index contributed by atoms with van der Waals surface area (Å²) in [5.41, 5.74) is 0.552. The fraction of sp³-hybridized carbons (Fsp3) is 0.0833. The second-order valence-corrected chi connectivity index (χ2v) is 6.41. The lowest BCUT2D eigenvalue weighted by molar-refractivity contribution is 0.200. The summed E-state index contributed by atoms with van der Waals surface area (Å²) in [6.07, 6.45) is 9.25. The molecule has 8 heteroatoms. The van der Waals surface area contributed by atoms with Gasteiger partial charge in [0.05, 0.1) is 17.6 Å². The number of hydrogen-bond acceptors (Lipinski definition) is 5. The van der Waals surface area contributed by atoms with Crippen molar-refractivity contribution in [3.63, 3.8) is 0 Å². The minimum atomic E-state index is -0.744. The van der Waals surface area contributed by atoms with Gasteiger partial charge in [-0.2, -0.15) is 5.26 Å². The molecule has 1 aliphatic heterocycles. The maximum absolute atomic E-state index is 14.3. The highest BCUT2D eigenvalue weighted by Crippen LogP contribution is 2.34. The lowest BCUT2D eigenvalue weighted by Gasteiger charge is -2.23. The first kappa shape index (κ1) is 22.3. The number of fused-ring (bicyclic) bond motifs is 1. The number of allylic oxidation sites excluding steroid dienone is 3. The second-order valence-electron chi connectivity index (χ2n) is 6.41. The Hall–Kier alpha value is -4.38. The van der Waals surface area contributed by atoms with Crippen LogP contribution in [-0.2, 0) is 11.3 Å². The van der Waals surface area contributed by atoms with E-state index in [4.69, 9.17) is 4.74 Å². The SMILES string of the molecule is C=NC1=C(/C=C/F)OCc2c1cc(-c1cccc(F)c1C#N)c(=O)n2/C=C/C=C\N=CC. The van der Waals surface area contributed by atoms with E-state index in [1.54, 1.807) is 25.3 Å². The predicted octanol–water partition coefficient (Wildman–Crippen LogP) is 4.98. The topological polar surface area (TPSA) is 79.7 Å². The van der Waals surface area contributed by atoms with E-state index in [1.165, 1.54) is 35.2 Å². The van der Waals surface area contributed by atoms with E-state index in [-0.39, 0.29) is 34.8 Å². The molecule has 0 saturated heterocycles. The van der Waals surface area contributed by atoms with E-state index in [0.717, 1.165) is 12.1 Å². The molecule has 0 atom stereocenters. The van der Waals surface area contributed by atoms with Crippen molar-refractivity contribution < 1.29 is 13.5 Å². The van der Waals surface area contributed by atoms with E-state index in [0.29, 0.717) is 17.6 Å². The first-order valence-corrected chi connectivity index (χ1v) is 9.46. The molecule has 1 aliphatic rings. The minimum Gasteiger partial charge on any atom is -0.485 e. The van der Waals surface area contributed by atoms with Gasteiger partial charge in [-0.1, -0.05) is 12.1 Å². The van der Waals surface area contributed by atoms with Crippen molar-refractivity contribution >= 4 is 24.8 Å². The van der Waals surface area contributed by atoms with Gasteiger partial charge in [0.2, 0.25) is 0 Å². The molecule has 3 rings (SSSR count). The molecule has 6 nitrogen and oxygen atoms in total. The Balaban J connectivity index is 2.37. The molecule has 1 aromatic carbocycles. The molecular weight excluding hydrogens is 414 g/mol. The number of pyridine rings is 1. The third kappa shape index (κ3) is 4.23. The Morgan fingerprint density at radius 3 is 2.78 bits per heavy atom. The monoisotopic (exact) mass is 432 g/mol. The van der Waals surface area contributed by atoms with Gasteiger partial charge in [-0.05, 0) is 37.9 Å². The van der Waals surface area contributed by atoms with Gasteiger partial charge in [0, 0.05) is 41.4 Å². The number of nitriles is 1. The van der Waals surface area contributed by atoms with Crippen LogP contribution in [0.15, 0.2) is 75.6 Å². The van der Waals surface area contributed by atoms with Crippen LogP contribution in [0.25, 0.3) is 23.0 Å². The standard InChI is InChI=1S/C24H18F2N4O2/c1-3-29-11-4-5-12-30-21-15-32-22(9-10-25)23(28-2)18(21)13-17(24(30)31)16-7-6-8-20(26)19(16)14-27/h3-13H,2,15H2,1H3/b10-9+,11-4-,12-5+,29-3?. The zero-order valence-corrected chi connectivity index (χ0v) is 17.1. The summed E-state index contributed by atoms with van der Waals surface area (Å²) in [5, 5.41) is 9.45. The van der Waals surface area contributed by atoms with Crippen LogP contribution in [0.2, 0.25) is 0 Å². The summed E-state index contributed by atoms with van der Waals surface area (Å²) >= 11 is 0. The molecule has 0 amide bonds. The van der Waals surface area contributed by atoms with Gasteiger partial charge in [0.15, 0.2) is 0 Å². The molecule has 160 valence electrons. The number of aromatic nitrogens is 1. The quantitative estimate of drug-likeness (QED) is 0.477. The van der Waals surface area contributed by atoms with E-state index in [2.05, 4.69) is 16.7 Å². The molecule has 0 aliphatic carbocycles. The van der Waals surface area contributed by atoms with Crippen LogP contribution >= 0.6 is 0 Å². The van der Waals surface area contributed by atoms with Gasteiger partial charge in [-0.15, -0.1) is 0 Å². The number of hydrogen-bond donors (Lipinski definition) is 0. The van der Waals surface area contributed by atoms with Crippen molar-refractivity contribution in [3.05, 3.63) is 93.8 Å². The Bertz CT molecular complexity index is 1310. The summed E-state index contributed by atoms with van der Waals surface area (Å²) < 4.78 is 34.0. The Kier molecular flexibility index (Phi) is 7.03. The molecule has 0 saturated carbocycles. The van der Waals surface area contributed by atoms with Crippen molar-refractivity contribution in [2.24, 2.45) is 9.98 Å². The number of rotatable bonds is 6. The zero-order valence-electron chi connectivity index (χ0n) is 17.1. The van der Waals surface area contributed by atoms with Crippen LogP contribution in [0, 0.1) is 17.1 Å². The van der Waals surface area contributed by atoms with E-state index < -0.39 is 11.4 Å². The molecular formula is C24H18F2N4O2. The van der Waals surface area contributed by atoms with Crippen LogP contribution in [-0.4, -0.2) is 17.5 Å². The Morgan fingerprint density at radius 2 is 2.09 bits per heavy atom. The minimum absolute atomic E-state index is 0.0427. The average molecular weight is 432 g/mol. The maximum atomic E-state index is 14.3. The molecule has 0 unspecified atom stereocenters. The molecule has 0 spiro atoms. The summed E-state index contributed by atoms with van der Waals surface area (Å²) in [4.78, 5) is 21.3. The van der Waals surface area contributed by atoms with Crippen LogP contribution in [0.5, 0.6) is 0 Å². The largest absolute Gasteiger partial charge is 0.485 e. The summed E-state index contributed by atoms with van der Waals surface area (Å²) in [6, 6.07) is 7.35. The summed E-state index contributed by atoms with van der Waals surface area (Å²) in [5.74, 6) is -0.612. The number of halogens is 2. The summed E-state index contributed by atoms with van der Waals surface area (Å²) in [6.45, 7) is 5.25. The molecule has 0 bridgehead atoms. The molecule has 2 heterocycles. The third-order valence-corrected chi connectivity index (χ3v) is 4.65. The highest BCUT2D eigenvalue weighted by atomic mass is 19.1. The van der Waals surface area contributed by atoms with Crippen molar-refractivity contribution in [2.75, 3.05) is 0 Å². The fourth-order valence-electron chi connectivity index (χ4n) is 3.25. The Labute approximate surface area is 183 Å². The second kappa shape index (κ2) is 10.1. The molecule has 0 fully saturated rings. The van der Waals surface area contributed by atoms with Crippen molar-refractivity contribution in [2.45, 2.75) is 13.5 Å². The number of nitrogens with zero attached hydrogens (tertiary/aromatic N) is 4. The van der Waals surface area contributed by atoms with Crippen molar-refractivity contribution in [1.82, 2.24) is 4.57 Å². The van der Waals surface area contributed by atoms with Crippen LogP contribution in [0.1, 0.15) is 23.7 Å². The molecule has 1 aromatic heterocycles. The van der Waals surface area contributed by atoms with Crippen molar-refractivity contribution in [3.8, 4) is 17.2 Å². The normalized spacial score (nSPS) is 13.8. The van der Waals surface area contributed by atoms with Gasteiger partial charge in [-0.3, -0.25) is 19.3 Å². The average Bonchev–Trinajstić information content (AvgIpc) is 2.79. The number of aliphatic imine (C=N–C) groups is 2. The number of benzene rings is 1. The maximum Gasteiger partial charge on any atom is 0.262 e. The lowest BCUT2D eigenvalue weighted by atomic mass is 9.96. The van der Waals surface area contributed by atoms with Crippen LogP contribution < -0.4 is 5.56 Å². The van der Waals surface area contributed by atoms with Crippen LogP contribution in [0.3, 0.4) is 0 Å². The highest BCUT2D eigenvalue weighted by Gasteiger charge is 2.25. The van der Waals surface area contributed by atoms with Gasteiger partial charge >= 0.3 is 0 Å². The Morgan fingerprint density at radius 1 is 1.28 bits per heavy atom. The molecule has 2 aromatic rings. The molecule has 32 heavy (non-hydrogen) atoms. The van der Waals surface area contributed by atoms with E-state index in [9.17, 15) is 18.8 Å². The molecule has 0 radical (unpaired) electrons. The lowest BCUT2D eigenvalue weighted by Crippen LogP contribution is -2.25. The fourth-order valence-corrected chi connectivity index (χ4v) is 3.25. The van der Waals surface area contributed by atoms with E-state index in [1.807, 2.05) is 6.07 Å². The third-order valence-electron chi connectivity index (χ3n) is 4.65. The van der Waals surface area contributed by atoms with Crippen molar-refractivity contribution in [1.29, 1.82) is 5.26 Å². The summed E-state index contributed by atoms with van der Waals surface area (Å²) in [7, 11) is 0. The smallest absolute Gasteiger partial charge is 0.262 e. The zero-order chi connectivity index (χ0) is 23.1. The van der Waals surface area contributed by atoms with Gasteiger partial charge in [0.1, 0.15) is 29.9 Å². The van der Waals surface area contributed by atoms with E-state index >= 15 is 0 Å². The predicted molar refractivity (Wildman–Crippen MR) is 121 cm³/mol. The first-order valence-electron chi connectivity index (χ1n) is 9.46. The van der Waals surface area contributed by atoms with Crippen LogP contribution in [0.4, 0.5) is 8.78 Å². The number of ether oxygens (including phenoxy) is 1. The highest BCUT2D eigenvalue weighted by molar-refractivity contribution is 5.80. The molecule has 0 N–H and O–H groups in total. The van der Waals surface area contributed by atoms with Gasteiger partial charge in [0.25, 0.3) is 5.56 Å². The van der Waals surface area contributed by atoms with Gasteiger partial charge in [-0.25, -0.2) is 8.78 Å². The first-order chi connectivity index (χ1) is 15.6. The van der Waals surface area contributed by atoms with Gasteiger partial charge < -0.3 is 4.74 Å².